The Bertz CT molecular complexity index is 846. The van der Waals surface area contributed by atoms with Gasteiger partial charge in [-0.3, -0.25) is 9.69 Å². The van der Waals surface area contributed by atoms with Gasteiger partial charge in [-0.2, -0.15) is 0 Å². The second-order valence-corrected chi connectivity index (χ2v) is 7.73. The molecule has 2 aromatic carbocycles. The highest BCUT2D eigenvalue weighted by Gasteiger charge is 2.20. The predicted octanol–water partition coefficient (Wildman–Crippen LogP) is 4.80. The number of hydrogen-bond acceptors (Lipinski definition) is 3. The van der Waals surface area contributed by atoms with Crippen LogP contribution in [-0.2, 0) is 11.3 Å². The molecule has 1 heterocycles. The van der Waals surface area contributed by atoms with Crippen LogP contribution in [0.25, 0.3) is 6.08 Å². The largest absolute Gasteiger partial charge is 0.497 e. The van der Waals surface area contributed by atoms with Crippen molar-refractivity contribution in [3.05, 3.63) is 69.7 Å². The first kappa shape index (κ1) is 20.7. The van der Waals surface area contributed by atoms with Crippen molar-refractivity contribution >= 4 is 35.2 Å². The van der Waals surface area contributed by atoms with Gasteiger partial charge in [-0.05, 0) is 54.3 Å². The molecule has 6 heteroatoms. The lowest BCUT2D eigenvalue weighted by atomic mass is 10.0. The van der Waals surface area contributed by atoms with Gasteiger partial charge < -0.3 is 10.1 Å². The van der Waals surface area contributed by atoms with Crippen LogP contribution in [0.2, 0.25) is 10.0 Å². The highest BCUT2D eigenvalue weighted by molar-refractivity contribution is 6.42. The van der Waals surface area contributed by atoms with Gasteiger partial charge in [-0.25, -0.2) is 0 Å². The summed E-state index contributed by atoms with van der Waals surface area (Å²) in [6.07, 6.45) is 5.24. The highest BCUT2D eigenvalue weighted by Crippen LogP contribution is 2.24. The molecule has 148 valence electrons. The molecule has 2 aromatic rings. The van der Waals surface area contributed by atoms with Crippen molar-refractivity contribution in [2.24, 2.45) is 0 Å². The highest BCUT2D eigenvalue weighted by atomic mass is 35.5. The number of hydrogen-bond donors (Lipinski definition) is 1. The van der Waals surface area contributed by atoms with Gasteiger partial charge in [0.25, 0.3) is 0 Å². The van der Waals surface area contributed by atoms with E-state index in [1.807, 2.05) is 42.5 Å². The van der Waals surface area contributed by atoms with E-state index < -0.39 is 0 Å². The molecule has 1 fully saturated rings. The Kier molecular flexibility index (Phi) is 7.37. The van der Waals surface area contributed by atoms with Gasteiger partial charge in [-0.1, -0.05) is 41.4 Å². The molecular weight excluding hydrogens is 395 g/mol. The molecule has 0 bridgehead atoms. The maximum absolute atomic E-state index is 12.2. The third-order valence-corrected chi connectivity index (χ3v) is 5.58. The van der Waals surface area contributed by atoms with Crippen LogP contribution in [0.4, 0.5) is 0 Å². The SMILES string of the molecule is COc1cccc(/C=C/C(=O)NC2CCN(Cc3ccc(Cl)c(Cl)c3)CC2)c1. The first-order valence-electron chi connectivity index (χ1n) is 9.32. The van der Waals surface area contributed by atoms with Crippen LogP contribution in [0.3, 0.4) is 0 Å². The molecule has 0 saturated carbocycles. The van der Waals surface area contributed by atoms with E-state index in [1.165, 1.54) is 0 Å². The third-order valence-electron chi connectivity index (χ3n) is 4.85. The molecule has 0 atom stereocenters. The summed E-state index contributed by atoms with van der Waals surface area (Å²) in [6, 6.07) is 13.6. The Labute approximate surface area is 176 Å². The molecule has 1 N–H and O–H groups in total. The Morgan fingerprint density at radius 2 is 1.96 bits per heavy atom. The summed E-state index contributed by atoms with van der Waals surface area (Å²) in [7, 11) is 1.63. The minimum Gasteiger partial charge on any atom is -0.497 e. The van der Waals surface area contributed by atoms with Crippen molar-refractivity contribution < 1.29 is 9.53 Å². The van der Waals surface area contributed by atoms with Crippen LogP contribution in [0.5, 0.6) is 5.75 Å². The Balaban J connectivity index is 1.45. The van der Waals surface area contributed by atoms with Crippen molar-refractivity contribution in [3.63, 3.8) is 0 Å². The molecule has 0 aromatic heterocycles. The molecule has 1 saturated heterocycles. The number of methoxy groups -OCH3 is 1. The molecule has 4 nitrogen and oxygen atoms in total. The van der Waals surface area contributed by atoms with Gasteiger partial charge in [0.15, 0.2) is 0 Å². The number of nitrogens with one attached hydrogen (secondary N) is 1. The van der Waals surface area contributed by atoms with Crippen molar-refractivity contribution in [3.8, 4) is 5.75 Å². The van der Waals surface area contributed by atoms with Gasteiger partial charge in [0.05, 0.1) is 17.2 Å². The van der Waals surface area contributed by atoms with E-state index in [9.17, 15) is 4.79 Å². The molecule has 0 unspecified atom stereocenters. The summed E-state index contributed by atoms with van der Waals surface area (Å²) in [5.74, 6) is 0.711. The van der Waals surface area contributed by atoms with Crippen LogP contribution in [-0.4, -0.2) is 37.0 Å². The minimum absolute atomic E-state index is 0.0641. The molecule has 1 aliphatic heterocycles. The standard InChI is InChI=1S/C22H24Cl2N2O2/c1-28-19-4-2-3-16(13-19)6-8-22(27)25-18-9-11-26(12-10-18)15-17-5-7-20(23)21(24)14-17/h2-8,13-14,18H,9-12,15H2,1H3,(H,25,27)/b8-6+. The second-order valence-electron chi connectivity index (χ2n) is 6.92. The predicted molar refractivity (Wildman–Crippen MR) is 115 cm³/mol. The maximum Gasteiger partial charge on any atom is 0.244 e. The number of ether oxygens (including phenoxy) is 1. The topological polar surface area (TPSA) is 41.6 Å². The molecule has 0 radical (unpaired) electrons. The number of carbonyl (C=O) groups excluding carboxylic acids is 1. The summed E-state index contributed by atoms with van der Waals surface area (Å²) < 4.78 is 5.20. The number of piperidine rings is 1. The first-order valence-corrected chi connectivity index (χ1v) is 10.1. The zero-order chi connectivity index (χ0) is 19.9. The lowest BCUT2D eigenvalue weighted by Gasteiger charge is -2.32. The lowest BCUT2D eigenvalue weighted by molar-refractivity contribution is -0.117. The molecule has 0 spiro atoms. The Morgan fingerprint density at radius 3 is 2.68 bits per heavy atom. The molecule has 3 rings (SSSR count). The third kappa shape index (κ3) is 5.99. The number of nitrogens with zero attached hydrogens (tertiary/aromatic N) is 1. The molecule has 28 heavy (non-hydrogen) atoms. The van der Waals surface area contributed by atoms with Gasteiger partial charge in [0, 0.05) is 31.8 Å². The van der Waals surface area contributed by atoms with Crippen molar-refractivity contribution in [1.29, 1.82) is 0 Å². The van der Waals surface area contributed by atoms with E-state index >= 15 is 0 Å². The lowest BCUT2D eigenvalue weighted by Crippen LogP contribution is -2.43. The average molecular weight is 419 g/mol. The Hall–Kier alpha value is -2.01. The maximum atomic E-state index is 12.2. The fourth-order valence-electron chi connectivity index (χ4n) is 3.30. The van der Waals surface area contributed by atoms with Gasteiger partial charge in [-0.15, -0.1) is 0 Å². The van der Waals surface area contributed by atoms with E-state index in [2.05, 4.69) is 10.2 Å². The van der Waals surface area contributed by atoms with Crippen LogP contribution >= 0.6 is 23.2 Å². The van der Waals surface area contributed by atoms with Crippen LogP contribution in [0, 0.1) is 0 Å². The van der Waals surface area contributed by atoms with Crippen molar-refractivity contribution in [1.82, 2.24) is 10.2 Å². The molecule has 1 amide bonds. The number of amides is 1. The fourth-order valence-corrected chi connectivity index (χ4v) is 3.62. The normalized spacial score (nSPS) is 15.7. The smallest absolute Gasteiger partial charge is 0.244 e. The monoisotopic (exact) mass is 418 g/mol. The summed E-state index contributed by atoms with van der Waals surface area (Å²) >= 11 is 12.1. The van der Waals surface area contributed by atoms with Crippen LogP contribution < -0.4 is 10.1 Å². The second kappa shape index (κ2) is 9.97. The number of likely N-dealkylation sites (tertiary alicyclic amines) is 1. The summed E-state index contributed by atoms with van der Waals surface area (Å²) in [5.41, 5.74) is 2.09. The van der Waals surface area contributed by atoms with E-state index in [-0.39, 0.29) is 11.9 Å². The van der Waals surface area contributed by atoms with Gasteiger partial charge >= 0.3 is 0 Å². The zero-order valence-electron chi connectivity index (χ0n) is 15.8. The minimum atomic E-state index is -0.0641. The van der Waals surface area contributed by atoms with E-state index in [0.29, 0.717) is 10.0 Å². The fraction of sp³-hybridized carbons (Fsp3) is 0.318. The zero-order valence-corrected chi connectivity index (χ0v) is 17.3. The molecule has 1 aliphatic rings. The quantitative estimate of drug-likeness (QED) is 0.685. The number of halogens is 2. The molecular formula is C22H24Cl2N2O2. The van der Waals surface area contributed by atoms with E-state index in [0.717, 1.165) is 49.4 Å². The summed E-state index contributed by atoms with van der Waals surface area (Å²) in [4.78, 5) is 14.6. The Morgan fingerprint density at radius 1 is 1.18 bits per heavy atom. The van der Waals surface area contributed by atoms with Crippen molar-refractivity contribution in [2.45, 2.75) is 25.4 Å². The number of rotatable bonds is 6. The first-order chi connectivity index (χ1) is 13.5. The summed E-state index contributed by atoms with van der Waals surface area (Å²) in [6.45, 7) is 2.71. The van der Waals surface area contributed by atoms with Crippen molar-refractivity contribution in [2.75, 3.05) is 20.2 Å². The van der Waals surface area contributed by atoms with Gasteiger partial charge in [0.2, 0.25) is 5.91 Å². The molecule has 0 aliphatic carbocycles. The number of benzene rings is 2. The van der Waals surface area contributed by atoms with E-state index in [1.54, 1.807) is 19.3 Å². The van der Waals surface area contributed by atoms with E-state index in [4.69, 9.17) is 27.9 Å². The average Bonchev–Trinajstić information content (AvgIpc) is 2.71. The summed E-state index contributed by atoms with van der Waals surface area (Å²) in [5, 5.41) is 4.26. The van der Waals surface area contributed by atoms with Gasteiger partial charge in [0.1, 0.15) is 5.75 Å². The van der Waals surface area contributed by atoms with Crippen LogP contribution in [0.1, 0.15) is 24.0 Å². The van der Waals surface area contributed by atoms with Crippen LogP contribution in [0.15, 0.2) is 48.5 Å². The number of carbonyl (C=O) groups is 1.